The second-order valence-electron chi connectivity index (χ2n) is 6.00. The molecule has 0 spiro atoms. The van der Waals surface area contributed by atoms with Crippen molar-refractivity contribution in [3.63, 3.8) is 0 Å². The highest BCUT2D eigenvalue weighted by molar-refractivity contribution is 5.85. The van der Waals surface area contributed by atoms with Crippen molar-refractivity contribution in [1.82, 2.24) is 15.5 Å². The molecule has 0 aromatic heterocycles. The fourth-order valence-electron chi connectivity index (χ4n) is 2.24. The van der Waals surface area contributed by atoms with Crippen LogP contribution in [0.5, 0.6) is 0 Å². The van der Waals surface area contributed by atoms with Crippen LogP contribution in [-0.2, 0) is 17.9 Å². The minimum atomic E-state index is 0. The van der Waals surface area contributed by atoms with Crippen LogP contribution in [0.2, 0.25) is 0 Å². The maximum atomic E-state index is 11.7. The number of hydrogen-bond donors (Lipinski definition) is 2. The van der Waals surface area contributed by atoms with Crippen molar-refractivity contribution in [3.8, 4) is 0 Å². The summed E-state index contributed by atoms with van der Waals surface area (Å²) in [5.74, 6) is 0.886. The molecule has 0 bridgehead atoms. The van der Waals surface area contributed by atoms with E-state index in [0.29, 0.717) is 13.1 Å². The number of hydrogen-bond acceptors (Lipinski definition) is 3. The molecule has 0 atom stereocenters. The Balaban J connectivity index is 0.00000242. The lowest BCUT2D eigenvalue weighted by atomic mass is 10.1. The molecule has 1 fully saturated rings. The number of halogens is 2. The van der Waals surface area contributed by atoms with Crippen molar-refractivity contribution in [3.05, 3.63) is 35.4 Å². The Hall–Kier alpha value is -0.810. The van der Waals surface area contributed by atoms with Crippen molar-refractivity contribution < 1.29 is 4.79 Å². The maximum Gasteiger partial charge on any atom is 0.234 e. The van der Waals surface area contributed by atoms with E-state index in [4.69, 9.17) is 0 Å². The van der Waals surface area contributed by atoms with Gasteiger partial charge in [0, 0.05) is 13.1 Å². The summed E-state index contributed by atoms with van der Waals surface area (Å²) in [5.41, 5.74) is 2.45. The van der Waals surface area contributed by atoms with E-state index >= 15 is 0 Å². The van der Waals surface area contributed by atoms with E-state index in [0.717, 1.165) is 31.1 Å². The Morgan fingerprint density at radius 1 is 1.26 bits per heavy atom. The number of benzene rings is 1. The quantitative estimate of drug-likeness (QED) is 0.710. The number of carbonyl (C=O) groups is 1. The number of nitrogens with one attached hydrogen (secondary N) is 2. The van der Waals surface area contributed by atoms with E-state index in [-0.39, 0.29) is 30.7 Å². The first-order valence-corrected chi connectivity index (χ1v) is 7.91. The Morgan fingerprint density at radius 2 is 1.96 bits per heavy atom. The highest BCUT2D eigenvalue weighted by Gasteiger charge is 2.20. The summed E-state index contributed by atoms with van der Waals surface area (Å²) in [5, 5.41) is 6.18. The molecule has 132 valence electrons. The molecular weight excluding hydrogens is 333 g/mol. The summed E-state index contributed by atoms with van der Waals surface area (Å²) in [6, 6.07) is 8.43. The average Bonchev–Trinajstić information content (AvgIpc) is 3.29. The monoisotopic (exact) mass is 361 g/mol. The van der Waals surface area contributed by atoms with Crippen LogP contribution in [-0.4, -0.2) is 37.5 Å². The van der Waals surface area contributed by atoms with Gasteiger partial charge in [0.2, 0.25) is 5.91 Å². The summed E-state index contributed by atoms with van der Waals surface area (Å²) in [6.07, 6.45) is 2.63. The third kappa shape index (κ3) is 9.16. The van der Waals surface area contributed by atoms with Crippen LogP contribution in [0.4, 0.5) is 0 Å². The molecule has 1 aliphatic carbocycles. The van der Waals surface area contributed by atoms with Crippen LogP contribution in [0, 0.1) is 5.92 Å². The first-order valence-electron chi connectivity index (χ1n) is 7.91. The Labute approximate surface area is 152 Å². The smallest absolute Gasteiger partial charge is 0.234 e. The van der Waals surface area contributed by atoms with Gasteiger partial charge in [0.1, 0.15) is 0 Å². The molecule has 1 aliphatic rings. The molecule has 0 radical (unpaired) electrons. The summed E-state index contributed by atoms with van der Waals surface area (Å²) in [6.45, 7) is 6.14. The van der Waals surface area contributed by atoms with Gasteiger partial charge in [-0.2, -0.15) is 0 Å². The van der Waals surface area contributed by atoms with Gasteiger partial charge in [0.15, 0.2) is 0 Å². The SMILES string of the molecule is CCN(C)Cc1cccc(CNC(=O)CNCC2CC2)c1.Cl.Cl. The molecule has 2 rings (SSSR count). The van der Waals surface area contributed by atoms with E-state index in [1.165, 1.54) is 18.4 Å². The van der Waals surface area contributed by atoms with Gasteiger partial charge in [0.25, 0.3) is 0 Å². The van der Waals surface area contributed by atoms with E-state index in [9.17, 15) is 4.79 Å². The third-order valence-corrected chi connectivity index (χ3v) is 3.89. The van der Waals surface area contributed by atoms with Gasteiger partial charge >= 0.3 is 0 Å². The minimum absolute atomic E-state index is 0. The fraction of sp³-hybridized carbons (Fsp3) is 0.588. The van der Waals surface area contributed by atoms with Gasteiger partial charge in [-0.05, 0) is 50.0 Å². The molecule has 0 heterocycles. The van der Waals surface area contributed by atoms with Crippen molar-refractivity contribution >= 4 is 30.7 Å². The van der Waals surface area contributed by atoms with E-state index < -0.39 is 0 Å². The Bertz CT molecular complexity index is 467. The van der Waals surface area contributed by atoms with E-state index in [2.05, 4.69) is 53.8 Å². The molecule has 0 saturated heterocycles. The van der Waals surface area contributed by atoms with Crippen molar-refractivity contribution in [2.75, 3.05) is 26.7 Å². The zero-order valence-corrected chi connectivity index (χ0v) is 15.6. The summed E-state index contributed by atoms with van der Waals surface area (Å²) in [7, 11) is 2.11. The van der Waals surface area contributed by atoms with Crippen LogP contribution >= 0.6 is 24.8 Å². The second-order valence-corrected chi connectivity index (χ2v) is 6.00. The van der Waals surface area contributed by atoms with Gasteiger partial charge in [-0.3, -0.25) is 4.79 Å². The molecule has 23 heavy (non-hydrogen) atoms. The highest BCUT2D eigenvalue weighted by Crippen LogP contribution is 2.27. The Morgan fingerprint density at radius 3 is 2.61 bits per heavy atom. The molecule has 1 aromatic carbocycles. The van der Waals surface area contributed by atoms with Crippen molar-refractivity contribution in [1.29, 1.82) is 0 Å². The topological polar surface area (TPSA) is 44.4 Å². The molecule has 1 amide bonds. The second kappa shape index (κ2) is 11.7. The molecule has 0 unspecified atom stereocenters. The lowest BCUT2D eigenvalue weighted by Gasteiger charge is -2.14. The number of rotatable bonds is 9. The number of amides is 1. The highest BCUT2D eigenvalue weighted by atomic mass is 35.5. The first kappa shape index (κ1) is 22.2. The third-order valence-electron chi connectivity index (χ3n) is 3.89. The van der Waals surface area contributed by atoms with Crippen LogP contribution in [0.1, 0.15) is 30.9 Å². The largest absolute Gasteiger partial charge is 0.351 e. The number of carbonyl (C=O) groups excluding carboxylic acids is 1. The molecule has 0 aliphatic heterocycles. The van der Waals surface area contributed by atoms with Crippen LogP contribution in [0.25, 0.3) is 0 Å². The summed E-state index contributed by atoms with van der Waals surface area (Å²) < 4.78 is 0. The van der Waals surface area contributed by atoms with E-state index in [1.807, 2.05) is 0 Å². The van der Waals surface area contributed by atoms with Gasteiger partial charge in [-0.15, -0.1) is 24.8 Å². The normalized spacial score (nSPS) is 13.2. The van der Waals surface area contributed by atoms with Crippen LogP contribution in [0.3, 0.4) is 0 Å². The lowest BCUT2D eigenvalue weighted by Crippen LogP contribution is -2.34. The molecular formula is C17H29Cl2N3O. The molecule has 1 saturated carbocycles. The zero-order valence-electron chi connectivity index (χ0n) is 14.0. The van der Waals surface area contributed by atoms with Gasteiger partial charge in [0.05, 0.1) is 6.54 Å². The predicted octanol–water partition coefficient (Wildman–Crippen LogP) is 2.60. The van der Waals surface area contributed by atoms with Gasteiger partial charge in [-0.1, -0.05) is 31.2 Å². The predicted molar refractivity (Wildman–Crippen MR) is 100 cm³/mol. The summed E-state index contributed by atoms with van der Waals surface area (Å²) in [4.78, 5) is 14.0. The van der Waals surface area contributed by atoms with Crippen molar-refractivity contribution in [2.24, 2.45) is 5.92 Å². The van der Waals surface area contributed by atoms with Crippen molar-refractivity contribution in [2.45, 2.75) is 32.9 Å². The fourth-order valence-corrected chi connectivity index (χ4v) is 2.24. The lowest BCUT2D eigenvalue weighted by molar-refractivity contribution is -0.120. The zero-order chi connectivity index (χ0) is 15.1. The minimum Gasteiger partial charge on any atom is -0.351 e. The number of nitrogens with zero attached hydrogens (tertiary/aromatic N) is 1. The molecule has 2 N–H and O–H groups in total. The van der Waals surface area contributed by atoms with Crippen LogP contribution in [0.15, 0.2) is 24.3 Å². The standard InChI is InChI=1S/C17H27N3O.2ClH/c1-3-20(2)13-16-6-4-5-15(9-16)11-19-17(21)12-18-10-14-7-8-14;;/h4-6,9,14,18H,3,7-8,10-13H2,1-2H3,(H,19,21);2*1H. The van der Waals surface area contributed by atoms with Gasteiger partial charge in [-0.25, -0.2) is 0 Å². The maximum absolute atomic E-state index is 11.7. The first-order chi connectivity index (χ1) is 10.2. The average molecular weight is 362 g/mol. The molecule has 4 nitrogen and oxygen atoms in total. The molecule has 1 aromatic rings. The molecule has 6 heteroatoms. The summed E-state index contributed by atoms with van der Waals surface area (Å²) >= 11 is 0. The van der Waals surface area contributed by atoms with Gasteiger partial charge < -0.3 is 15.5 Å². The van der Waals surface area contributed by atoms with Crippen LogP contribution < -0.4 is 10.6 Å². The van der Waals surface area contributed by atoms with E-state index in [1.54, 1.807) is 0 Å². The Kier molecular flexibility index (Phi) is 11.3.